The standard InChI is InChI=1S/C24H27N3O3S/c1-5-27(6-2)20-12-10-17(11-13-20)14-21-22(28)26-24(31-21)25-19-9-7-8-18(15-19)23(29)30-16(3)4/h7-16H,5-6H2,1-4H3,(H,25,26,28). The van der Waals surface area contributed by atoms with Crippen molar-refractivity contribution in [3.05, 3.63) is 64.6 Å². The molecular weight excluding hydrogens is 410 g/mol. The second kappa shape index (κ2) is 10.3. The van der Waals surface area contributed by atoms with E-state index < -0.39 is 5.97 Å². The van der Waals surface area contributed by atoms with E-state index in [9.17, 15) is 9.59 Å². The van der Waals surface area contributed by atoms with E-state index in [-0.39, 0.29) is 12.0 Å². The van der Waals surface area contributed by atoms with Crippen LogP contribution in [0.25, 0.3) is 6.08 Å². The predicted octanol–water partition coefficient (Wildman–Crippen LogP) is 4.99. The van der Waals surface area contributed by atoms with Crippen LogP contribution in [0, 0.1) is 0 Å². The Hall–Kier alpha value is -3.06. The van der Waals surface area contributed by atoms with Gasteiger partial charge in [0.2, 0.25) is 0 Å². The molecule has 1 aliphatic rings. The van der Waals surface area contributed by atoms with Crippen molar-refractivity contribution in [3.63, 3.8) is 0 Å². The minimum atomic E-state index is -0.395. The highest BCUT2D eigenvalue weighted by Gasteiger charge is 2.24. The Kier molecular flexibility index (Phi) is 7.52. The number of ether oxygens (including phenoxy) is 1. The Morgan fingerprint density at radius 1 is 1.16 bits per heavy atom. The van der Waals surface area contributed by atoms with E-state index in [1.165, 1.54) is 11.8 Å². The zero-order chi connectivity index (χ0) is 22.4. The molecule has 1 N–H and O–H groups in total. The third-order valence-electron chi connectivity index (χ3n) is 4.63. The SMILES string of the molecule is CCN(CC)c1ccc(C=C2SC(=Nc3cccc(C(=O)OC(C)C)c3)NC2=O)cc1. The molecule has 0 aliphatic carbocycles. The molecule has 162 valence electrons. The minimum absolute atomic E-state index is 0.188. The van der Waals surface area contributed by atoms with E-state index >= 15 is 0 Å². The van der Waals surface area contributed by atoms with Crippen molar-refractivity contribution in [1.29, 1.82) is 0 Å². The summed E-state index contributed by atoms with van der Waals surface area (Å²) in [5.41, 5.74) is 3.11. The number of esters is 1. The summed E-state index contributed by atoms with van der Waals surface area (Å²) in [6.07, 6.45) is 1.66. The molecule has 2 aromatic carbocycles. The molecule has 0 bridgehead atoms. The van der Waals surface area contributed by atoms with E-state index in [4.69, 9.17) is 4.74 Å². The highest BCUT2D eigenvalue weighted by molar-refractivity contribution is 8.18. The lowest BCUT2D eigenvalue weighted by molar-refractivity contribution is -0.115. The summed E-state index contributed by atoms with van der Waals surface area (Å²) in [5.74, 6) is -0.583. The van der Waals surface area contributed by atoms with Crippen LogP contribution in [0.15, 0.2) is 58.4 Å². The molecule has 6 nitrogen and oxygen atoms in total. The molecular formula is C24H27N3O3S. The fourth-order valence-corrected chi connectivity index (χ4v) is 3.95. The number of anilines is 1. The number of nitrogens with zero attached hydrogens (tertiary/aromatic N) is 2. The van der Waals surface area contributed by atoms with Gasteiger partial charge in [0.05, 0.1) is 22.3 Å². The Balaban J connectivity index is 1.74. The van der Waals surface area contributed by atoms with Crippen LogP contribution in [0.5, 0.6) is 0 Å². The summed E-state index contributed by atoms with van der Waals surface area (Å²) in [6, 6.07) is 15.0. The highest BCUT2D eigenvalue weighted by atomic mass is 32.2. The van der Waals surface area contributed by atoms with Gasteiger partial charge in [-0.1, -0.05) is 18.2 Å². The summed E-state index contributed by atoms with van der Waals surface area (Å²) in [6.45, 7) is 9.76. The van der Waals surface area contributed by atoms with Gasteiger partial charge in [-0.15, -0.1) is 0 Å². The normalized spacial score (nSPS) is 16.1. The van der Waals surface area contributed by atoms with Crippen molar-refractivity contribution in [2.45, 2.75) is 33.8 Å². The van der Waals surface area contributed by atoms with Gasteiger partial charge in [-0.25, -0.2) is 9.79 Å². The first-order valence-electron chi connectivity index (χ1n) is 10.3. The number of amidine groups is 1. The van der Waals surface area contributed by atoms with Gasteiger partial charge in [-0.05, 0) is 81.4 Å². The van der Waals surface area contributed by atoms with E-state index in [0.717, 1.165) is 24.3 Å². The summed E-state index contributed by atoms with van der Waals surface area (Å²) in [5, 5.41) is 3.26. The minimum Gasteiger partial charge on any atom is -0.459 e. The largest absolute Gasteiger partial charge is 0.459 e. The average Bonchev–Trinajstić information content (AvgIpc) is 3.08. The van der Waals surface area contributed by atoms with Crippen molar-refractivity contribution < 1.29 is 14.3 Å². The smallest absolute Gasteiger partial charge is 0.338 e. The quantitative estimate of drug-likeness (QED) is 0.488. The Morgan fingerprint density at radius 3 is 2.52 bits per heavy atom. The molecule has 0 atom stereocenters. The van der Waals surface area contributed by atoms with Crippen molar-refractivity contribution >= 4 is 46.3 Å². The van der Waals surface area contributed by atoms with Crippen LogP contribution >= 0.6 is 11.8 Å². The molecule has 1 amide bonds. The molecule has 0 unspecified atom stereocenters. The topological polar surface area (TPSA) is 71.0 Å². The fraction of sp³-hybridized carbons (Fsp3) is 0.292. The van der Waals surface area contributed by atoms with Gasteiger partial charge in [-0.3, -0.25) is 4.79 Å². The Bertz CT molecular complexity index is 1010. The zero-order valence-corrected chi connectivity index (χ0v) is 19.0. The van der Waals surface area contributed by atoms with E-state index in [0.29, 0.717) is 21.3 Å². The highest BCUT2D eigenvalue weighted by Crippen LogP contribution is 2.29. The van der Waals surface area contributed by atoms with Gasteiger partial charge in [-0.2, -0.15) is 0 Å². The van der Waals surface area contributed by atoms with Crippen LogP contribution in [-0.2, 0) is 9.53 Å². The molecule has 0 radical (unpaired) electrons. The number of carbonyl (C=O) groups is 2. The number of benzene rings is 2. The number of hydrogen-bond donors (Lipinski definition) is 1. The van der Waals surface area contributed by atoms with E-state index in [2.05, 4.69) is 41.2 Å². The fourth-order valence-electron chi connectivity index (χ4n) is 3.10. The number of aliphatic imine (C=N–C) groups is 1. The van der Waals surface area contributed by atoms with Gasteiger partial charge >= 0.3 is 5.97 Å². The average molecular weight is 438 g/mol. The molecule has 0 spiro atoms. The second-order valence-corrected chi connectivity index (χ2v) is 8.28. The maximum atomic E-state index is 12.4. The van der Waals surface area contributed by atoms with Crippen LogP contribution in [0.3, 0.4) is 0 Å². The first kappa shape index (κ1) is 22.6. The lowest BCUT2D eigenvalue weighted by Gasteiger charge is -2.20. The lowest BCUT2D eigenvalue weighted by Crippen LogP contribution is -2.21. The monoisotopic (exact) mass is 437 g/mol. The number of rotatable bonds is 7. The van der Waals surface area contributed by atoms with Crippen LogP contribution in [0.2, 0.25) is 0 Å². The van der Waals surface area contributed by atoms with E-state index in [1.54, 1.807) is 38.1 Å². The number of hydrogen-bond acceptors (Lipinski definition) is 6. The number of nitrogens with one attached hydrogen (secondary N) is 1. The van der Waals surface area contributed by atoms with Crippen LogP contribution < -0.4 is 10.2 Å². The van der Waals surface area contributed by atoms with Gasteiger partial charge < -0.3 is 15.0 Å². The summed E-state index contributed by atoms with van der Waals surface area (Å²) < 4.78 is 5.22. The maximum absolute atomic E-state index is 12.4. The molecule has 1 aliphatic heterocycles. The first-order chi connectivity index (χ1) is 14.9. The first-order valence-corrected chi connectivity index (χ1v) is 11.2. The summed E-state index contributed by atoms with van der Waals surface area (Å²) in [7, 11) is 0. The zero-order valence-electron chi connectivity index (χ0n) is 18.2. The number of thioether (sulfide) groups is 1. The van der Waals surface area contributed by atoms with E-state index in [1.807, 2.05) is 18.2 Å². The Labute approximate surface area is 187 Å². The summed E-state index contributed by atoms with van der Waals surface area (Å²) >= 11 is 1.28. The molecule has 1 saturated heterocycles. The third kappa shape index (κ3) is 5.98. The molecule has 1 heterocycles. The molecule has 31 heavy (non-hydrogen) atoms. The van der Waals surface area contributed by atoms with Crippen molar-refractivity contribution in [2.24, 2.45) is 4.99 Å². The molecule has 0 aromatic heterocycles. The summed E-state index contributed by atoms with van der Waals surface area (Å²) in [4.78, 5) is 31.8. The Morgan fingerprint density at radius 2 is 1.87 bits per heavy atom. The molecule has 1 fully saturated rings. The predicted molar refractivity (Wildman–Crippen MR) is 128 cm³/mol. The van der Waals surface area contributed by atoms with Gasteiger partial charge in [0.25, 0.3) is 5.91 Å². The lowest BCUT2D eigenvalue weighted by atomic mass is 10.1. The van der Waals surface area contributed by atoms with Crippen molar-refractivity contribution in [1.82, 2.24) is 5.32 Å². The van der Waals surface area contributed by atoms with Crippen LogP contribution in [0.4, 0.5) is 11.4 Å². The van der Waals surface area contributed by atoms with Crippen LogP contribution in [0.1, 0.15) is 43.6 Å². The second-order valence-electron chi connectivity index (χ2n) is 7.25. The van der Waals surface area contributed by atoms with Crippen molar-refractivity contribution in [2.75, 3.05) is 18.0 Å². The number of carbonyl (C=O) groups excluding carboxylic acids is 2. The molecule has 2 aromatic rings. The molecule has 0 saturated carbocycles. The van der Waals surface area contributed by atoms with Gasteiger partial charge in [0.1, 0.15) is 0 Å². The molecule has 3 rings (SSSR count). The number of amides is 1. The van der Waals surface area contributed by atoms with Crippen molar-refractivity contribution in [3.8, 4) is 0 Å². The van der Waals surface area contributed by atoms with Crippen LogP contribution in [-0.4, -0.2) is 36.2 Å². The van der Waals surface area contributed by atoms with Gasteiger partial charge in [0, 0.05) is 18.8 Å². The molecule has 7 heteroatoms. The maximum Gasteiger partial charge on any atom is 0.338 e. The third-order valence-corrected chi connectivity index (χ3v) is 5.54. The van der Waals surface area contributed by atoms with Gasteiger partial charge in [0.15, 0.2) is 5.17 Å².